The minimum absolute atomic E-state index is 0.0336. The van der Waals surface area contributed by atoms with Gasteiger partial charge in [-0.2, -0.15) is 0 Å². The third-order valence-electron chi connectivity index (χ3n) is 3.45. The van der Waals surface area contributed by atoms with Crippen LogP contribution in [0.4, 0.5) is 5.69 Å². The molecule has 6 nitrogen and oxygen atoms in total. The number of ether oxygens (including phenoxy) is 1. The normalized spacial score (nSPS) is 19.5. The van der Waals surface area contributed by atoms with Crippen molar-refractivity contribution in [2.75, 3.05) is 30.3 Å². The predicted molar refractivity (Wildman–Crippen MR) is 85.4 cm³/mol. The number of anilines is 1. The maximum atomic E-state index is 12.0. The van der Waals surface area contributed by atoms with Crippen LogP contribution in [0.25, 0.3) is 0 Å². The lowest BCUT2D eigenvalue weighted by molar-refractivity contribution is -0.129. The van der Waals surface area contributed by atoms with Gasteiger partial charge in [-0.25, -0.2) is 13.1 Å². The summed E-state index contributed by atoms with van der Waals surface area (Å²) in [4.78, 5) is 13.7. The molecule has 1 fully saturated rings. The van der Waals surface area contributed by atoms with Crippen LogP contribution < -0.4 is 9.62 Å². The highest BCUT2D eigenvalue weighted by molar-refractivity contribution is 7.89. The van der Waals surface area contributed by atoms with Crippen molar-refractivity contribution in [3.8, 4) is 0 Å². The summed E-state index contributed by atoms with van der Waals surface area (Å²) in [6.45, 7) is 4.27. The molecule has 1 aromatic carbocycles. The lowest BCUT2D eigenvalue weighted by Crippen LogP contribution is -2.50. The standard InChI is InChI=1S/C15H22N2O4S/c1-3-7-22(19,20)16-9-14-10-17(15(18)11-21-14)13-6-4-5-12(2)8-13/h4-6,8,14,16H,3,7,9-11H2,1-2H3. The predicted octanol–water partition coefficient (Wildman–Crippen LogP) is 1.06. The number of sulfonamides is 1. The van der Waals surface area contributed by atoms with E-state index in [0.29, 0.717) is 13.0 Å². The van der Waals surface area contributed by atoms with E-state index in [2.05, 4.69) is 4.72 Å². The Morgan fingerprint density at radius 1 is 1.41 bits per heavy atom. The van der Waals surface area contributed by atoms with E-state index in [9.17, 15) is 13.2 Å². The molecule has 7 heteroatoms. The first-order valence-corrected chi connectivity index (χ1v) is 9.02. The lowest BCUT2D eigenvalue weighted by Gasteiger charge is -2.33. The molecular formula is C15H22N2O4S. The van der Waals surface area contributed by atoms with Crippen LogP contribution >= 0.6 is 0 Å². The van der Waals surface area contributed by atoms with Crippen molar-refractivity contribution in [2.45, 2.75) is 26.4 Å². The summed E-state index contributed by atoms with van der Waals surface area (Å²) in [5.74, 6) is -0.0153. The number of nitrogens with one attached hydrogen (secondary N) is 1. The number of benzene rings is 1. The molecule has 1 aliphatic heterocycles. The van der Waals surface area contributed by atoms with Crippen molar-refractivity contribution < 1.29 is 17.9 Å². The number of amides is 1. The Morgan fingerprint density at radius 2 is 2.18 bits per heavy atom. The monoisotopic (exact) mass is 326 g/mol. The van der Waals surface area contributed by atoms with Crippen LogP contribution in [0.15, 0.2) is 24.3 Å². The minimum atomic E-state index is -3.27. The second-order valence-corrected chi connectivity index (χ2v) is 7.37. The molecule has 2 rings (SSSR count). The molecule has 0 saturated carbocycles. The van der Waals surface area contributed by atoms with E-state index in [1.165, 1.54) is 0 Å². The zero-order chi connectivity index (χ0) is 16.2. The summed E-state index contributed by atoms with van der Waals surface area (Å²) in [5, 5.41) is 0. The molecule has 1 saturated heterocycles. The second kappa shape index (κ2) is 7.21. The van der Waals surface area contributed by atoms with Gasteiger partial charge < -0.3 is 9.64 Å². The number of nitrogens with zero attached hydrogens (tertiary/aromatic N) is 1. The average molecular weight is 326 g/mol. The summed E-state index contributed by atoms with van der Waals surface area (Å²) >= 11 is 0. The molecule has 122 valence electrons. The average Bonchev–Trinajstić information content (AvgIpc) is 2.46. The molecule has 1 atom stereocenters. The molecule has 1 unspecified atom stereocenters. The number of morpholine rings is 1. The quantitative estimate of drug-likeness (QED) is 0.848. The minimum Gasteiger partial charge on any atom is -0.365 e. The van der Waals surface area contributed by atoms with Crippen molar-refractivity contribution in [3.63, 3.8) is 0 Å². The van der Waals surface area contributed by atoms with Crippen LogP contribution in [0.3, 0.4) is 0 Å². The first kappa shape index (κ1) is 16.9. The van der Waals surface area contributed by atoms with Crippen molar-refractivity contribution in [1.82, 2.24) is 4.72 Å². The Labute approximate surface area is 131 Å². The summed E-state index contributed by atoms with van der Waals surface area (Å²) < 4.78 is 31.3. The van der Waals surface area contributed by atoms with E-state index in [0.717, 1.165) is 11.3 Å². The molecule has 1 aromatic rings. The maximum Gasteiger partial charge on any atom is 0.253 e. The molecule has 1 amide bonds. The fourth-order valence-electron chi connectivity index (χ4n) is 2.35. The number of hydrogen-bond donors (Lipinski definition) is 1. The summed E-state index contributed by atoms with van der Waals surface area (Å²) in [6, 6.07) is 7.66. The van der Waals surface area contributed by atoms with Gasteiger partial charge in [0.15, 0.2) is 0 Å². The lowest BCUT2D eigenvalue weighted by atomic mass is 10.2. The Bertz CT molecular complexity index is 630. The van der Waals surface area contributed by atoms with Crippen LogP contribution in [0.1, 0.15) is 18.9 Å². The zero-order valence-electron chi connectivity index (χ0n) is 12.9. The van der Waals surface area contributed by atoms with E-state index in [4.69, 9.17) is 4.74 Å². The van der Waals surface area contributed by atoms with Gasteiger partial charge in [0.2, 0.25) is 10.0 Å². The molecule has 0 spiro atoms. The van der Waals surface area contributed by atoms with E-state index >= 15 is 0 Å². The van der Waals surface area contributed by atoms with E-state index in [-0.39, 0.29) is 30.9 Å². The van der Waals surface area contributed by atoms with Gasteiger partial charge in [0.1, 0.15) is 6.61 Å². The molecule has 0 radical (unpaired) electrons. The summed E-state index contributed by atoms with van der Waals surface area (Å²) in [5.41, 5.74) is 1.88. The molecule has 1 heterocycles. The fourth-order valence-corrected chi connectivity index (χ4v) is 3.48. The smallest absolute Gasteiger partial charge is 0.253 e. The van der Waals surface area contributed by atoms with Crippen molar-refractivity contribution in [2.24, 2.45) is 0 Å². The highest BCUT2D eigenvalue weighted by Crippen LogP contribution is 2.19. The van der Waals surface area contributed by atoms with Gasteiger partial charge in [-0.1, -0.05) is 19.1 Å². The molecular weight excluding hydrogens is 304 g/mol. The summed E-state index contributed by atoms with van der Waals surface area (Å²) in [7, 11) is -3.27. The third-order valence-corrected chi connectivity index (χ3v) is 5.00. The Hall–Kier alpha value is -1.44. The highest BCUT2D eigenvalue weighted by atomic mass is 32.2. The largest absolute Gasteiger partial charge is 0.365 e. The topological polar surface area (TPSA) is 75.7 Å². The van der Waals surface area contributed by atoms with Crippen LogP contribution in [0.5, 0.6) is 0 Å². The van der Waals surface area contributed by atoms with Gasteiger partial charge in [-0.05, 0) is 31.0 Å². The molecule has 0 bridgehead atoms. The first-order chi connectivity index (χ1) is 10.4. The van der Waals surface area contributed by atoms with Crippen LogP contribution in [0, 0.1) is 6.92 Å². The van der Waals surface area contributed by atoms with Gasteiger partial charge in [-0.15, -0.1) is 0 Å². The van der Waals surface area contributed by atoms with E-state index in [1.807, 2.05) is 38.1 Å². The molecule has 1 aliphatic rings. The number of aryl methyl sites for hydroxylation is 1. The van der Waals surface area contributed by atoms with Gasteiger partial charge in [0, 0.05) is 12.2 Å². The molecule has 0 aliphatic carbocycles. The van der Waals surface area contributed by atoms with Gasteiger partial charge in [0.25, 0.3) is 5.91 Å². The van der Waals surface area contributed by atoms with E-state index in [1.54, 1.807) is 4.90 Å². The van der Waals surface area contributed by atoms with Crippen molar-refractivity contribution in [3.05, 3.63) is 29.8 Å². The van der Waals surface area contributed by atoms with Crippen LogP contribution in [-0.2, 0) is 19.6 Å². The third kappa shape index (κ3) is 4.53. The van der Waals surface area contributed by atoms with Crippen molar-refractivity contribution >= 4 is 21.6 Å². The number of carbonyl (C=O) groups excluding carboxylic acids is 1. The molecule has 22 heavy (non-hydrogen) atoms. The van der Waals surface area contributed by atoms with Gasteiger partial charge in [-0.3, -0.25) is 4.79 Å². The second-order valence-electron chi connectivity index (χ2n) is 5.44. The number of rotatable bonds is 6. The van der Waals surface area contributed by atoms with E-state index < -0.39 is 10.0 Å². The fraction of sp³-hybridized carbons (Fsp3) is 0.533. The Kier molecular flexibility index (Phi) is 5.55. The number of carbonyl (C=O) groups is 1. The summed E-state index contributed by atoms with van der Waals surface area (Å²) in [6.07, 6.45) is 0.222. The molecule has 1 N–H and O–H groups in total. The van der Waals surface area contributed by atoms with Crippen molar-refractivity contribution in [1.29, 1.82) is 0 Å². The van der Waals surface area contributed by atoms with Gasteiger partial charge in [0.05, 0.1) is 18.4 Å². The highest BCUT2D eigenvalue weighted by Gasteiger charge is 2.28. The Balaban J connectivity index is 2.01. The number of hydrogen-bond acceptors (Lipinski definition) is 4. The zero-order valence-corrected chi connectivity index (χ0v) is 13.7. The van der Waals surface area contributed by atoms with Crippen LogP contribution in [-0.4, -0.2) is 45.9 Å². The Morgan fingerprint density at radius 3 is 2.86 bits per heavy atom. The first-order valence-electron chi connectivity index (χ1n) is 7.37. The molecule has 0 aromatic heterocycles. The van der Waals surface area contributed by atoms with Crippen LogP contribution in [0.2, 0.25) is 0 Å². The van der Waals surface area contributed by atoms with Gasteiger partial charge >= 0.3 is 0 Å². The SMILES string of the molecule is CCCS(=O)(=O)NCC1CN(c2cccc(C)c2)C(=O)CO1. The maximum absolute atomic E-state index is 12.0.